The Morgan fingerprint density at radius 3 is 3.00 bits per heavy atom. The molecule has 2 nitrogen and oxygen atoms in total. The molecule has 0 unspecified atom stereocenters. The van der Waals surface area contributed by atoms with Crippen LogP contribution in [0.3, 0.4) is 0 Å². The van der Waals surface area contributed by atoms with Gasteiger partial charge in [0.2, 0.25) is 0 Å². The van der Waals surface area contributed by atoms with Crippen molar-refractivity contribution in [2.75, 3.05) is 26.8 Å². The van der Waals surface area contributed by atoms with E-state index in [9.17, 15) is 0 Å². The van der Waals surface area contributed by atoms with Gasteiger partial charge < -0.3 is 10.1 Å². The molecule has 0 aliphatic heterocycles. The Bertz CT molecular complexity index is 317. The molecule has 0 aromatic carbocycles. The molecule has 1 aromatic heterocycles. The van der Waals surface area contributed by atoms with Gasteiger partial charge >= 0.3 is 0 Å². The lowest BCUT2D eigenvalue weighted by atomic mass is 10.2. The fourth-order valence-corrected chi connectivity index (χ4v) is 2.21. The Morgan fingerprint density at radius 1 is 1.60 bits per heavy atom. The van der Waals surface area contributed by atoms with Crippen molar-refractivity contribution in [2.24, 2.45) is 0 Å². The molecule has 3 heteroatoms. The Kier molecular flexibility index (Phi) is 5.61. The monoisotopic (exact) mass is 225 g/mol. The Morgan fingerprint density at radius 2 is 2.40 bits per heavy atom. The first-order chi connectivity index (χ1) is 7.24. The van der Waals surface area contributed by atoms with Crippen LogP contribution in [0.1, 0.15) is 17.4 Å². The summed E-state index contributed by atoms with van der Waals surface area (Å²) < 4.78 is 4.97. The van der Waals surface area contributed by atoms with E-state index in [2.05, 4.69) is 36.7 Å². The normalized spacial score (nSPS) is 12.1. The lowest BCUT2D eigenvalue weighted by Gasteiger charge is -2.04. The summed E-state index contributed by atoms with van der Waals surface area (Å²) >= 11 is 1.79. The van der Waals surface area contributed by atoms with Gasteiger partial charge in [-0.1, -0.05) is 5.57 Å². The van der Waals surface area contributed by atoms with Crippen LogP contribution < -0.4 is 5.32 Å². The molecule has 1 aromatic rings. The average Bonchev–Trinajstić information content (AvgIpc) is 2.59. The van der Waals surface area contributed by atoms with Gasteiger partial charge in [0.1, 0.15) is 0 Å². The molecule has 15 heavy (non-hydrogen) atoms. The van der Waals surface area contributed by atoms with Crippen LogP contribution in [0.15, 0.2) is 17.0 Å². The highest BCUT2D eigenvalue weighted by molar-refractivity contribution is 7.11. The number of methoxy groups -OCH3 is 1. The van der Waals surface area contributed by atoms with E-state index in [0.29, 0.717) is 0 Å². The van der Waals surface area contributed by atoms with Gasteiger partial charge in [0.15, 0.2) is 0 Å². The standard InChI is InChI=1S/C12H19NOS/c1-10(9-13-5-6-14-3)8-12-11(2)4-7-15-12/h4,7-8,13H,5-6,9H2,1-3H3. The average molecular weight is 225 g/mol. The topological polar surface area (TPSA) is 21.3 Å². The Balaban J connectivity index is 2.36. The maximum Gasteiger partial charge on any atom is 0.0587 e. The Labute approximate surface area is 96.0 Å². The van der Waals surface area contributed by atoms with Crippen LogP contribution in [-0.2, 0) is 4.74 Å². The summed E-state index contributed by atoms with van der Waals surface area (Å²) in [6.07, 6.45) is 2.25. The van der Waals surface area contributed by atoms with E-state index >= 15 is 0 Å². The zero-order valence-electron chi connectivity index (χ0n) is 9.67. The number of thiophene rings is 1. The zero-order chi connectivity index (χ0) is 11.1. The molecule has 0 amide bonds. The molecule has 0 atom stereocenters. The highest BCUT2D eigenvalue weighted by Gasteiger charge is 1.96. The van der Waals surface area contributed by atoms with Crippen LogP contribution in [0.25, 0.3) is 6.08 Å². The molecule has 0 saturated carbocycles. The van der Waals surface area contributed by atoms with Crippen LogP contribution in [0.2, 0.25) is 0 Å². The van der Waals surface area contributed by atoms with Crippen LogP contribution in [0, 0.1) is 6.92 Å². The van der Waals surface area contributed by atoms with E-state index in [1.165, 1.54) is 16.0 Å². The van der Waals surface area contributed by atoms with Crippen molar-refractivity contribution in [2.45, 2.75) is 13.8 Å². The molecule has 0 aliphatic carbocycles. The molecule has 1 rings (SSSR count). The molecule has 0 fully saturated rings. The van der Waals surface area contributed by atoms with E-state index in [1.54, 1.807) is 18.4 Å². The number of hydrogen-bond acceptors (Lipinski definition) is 3. The number of nitrogens with one attached hydrogen (secondary N) is 1. The quantitative estimate of drug-likeness (QED) is 0.752. The van der Waals surface area contributed by atoms with Gasteiger partial charge in [-0.05, 0) is 36.9 Å². The fraction of sp³-hybridized carbons (Fsp3) is 0.500. The predicted octanol–water partition coefficient (Wildman–Crippen LogP) is 2.70. The molecule has 0 saturated heterocycles. The van der Waals surface area contributed by atoms with Gasteiger partial charge in [-0.2, -0.15) is 0 Å². The lowest BCUT2D eigenvalue weighted by molar-refractivity contribution is 0.200. The van der Waals surface area contributed by atoms with Crippen LogP contribution >= 0.6 is 11.3 Å². The molecular weight excluding hydrogens is 206 g/mol. The van der Waals surface area contributed by atoms with E-state index in [1.807, 2.05) is 0 Å². The van der Waals surface area contributed by atoms with Gasteiger partial charge in [-0.15, -0.1) is 11.3 Å². The first-order valence-electron chi connectivity index (χ1n) is 5.15. The molecule has 1 N–H and O–H groups in total. The molecule has 0 radical (unpaired) electrons. The summed E-state index contributed by atoms with van der Waals surface area (Å²) in [6, 6.07) is 2.15. The predicted molar refractivity (Wildman–Crippen MR) is 67.5 cm³/mol. The van der Waals surface area contributed by atoms with Gasteiger partial charge in [0.25, 0.3) is 0 Å². The minimum atomic E-state index is 0.769. The third-order valence-corrected chi connectivity index (χ3v) is 3.13. The van der Waals surface area contributed by atoms with Crippen molar-refractivity contribution >= 4 is 17.4 Å². The summed E-state index contributed by atoms with van der Waals surface area (Å²) in [7, 11) is 1.72. The molecular formula is C12H19NOS. The second-order valence-electron chi connectivity index (χ2n) is 3.63. The van der Waals surface area contributed by atoms with Crippen LogP contribution in [0.4, 0.5) is 0 Å². The van der Waals surface area contributed by atoms with Gasteiger partial charge in [-0.25, -0.2) is 0 Å². The highest BCUT2D eigenvalue weighted by atomic mass is 32.1. The van der Waals surface area contributed by atoms with Gasteiger partial charge in [-0.3, -0.25) is 0 Å². The van der Waals surface area contributed by atoms with Crippen molar-refractivity contribution in [1.29, 1.82) is 0 Å². The van der Waals surface area contributed by atoms with E-state index in [0.717, 1.165) is 19.7 Å². The van der Waals surface area contributed by atoms with Crippen molar-refractivity contribution in [3.05, 3.63) is 27.5 Å². The smallest absolute Gasteiger partial charge is 0.0587 e. The highest BCUT2D eigenvalue weighted by Crippen LogP contribution is 2.18. The molecule has 84 valence electrons. The fourth-order valence-electron chi connectivity index (χ4n) is 1.27. The first-order valence-corrected chi connectivity index (χ1v) is 6.03. The SMILES string of the molecule is COCCNCC(C)=Cc1sccc1C. The summed E-state index contributed by atoms with van der Waals surface area (Å²) in [5, 5.41) is 5.46. The summed E-state index contributed by atoms with van der Waals surface area (Å²) in [6.45, 7) is 6.91. The number of rotatable bonds is 6. The minimum absolute atomic E-state index is 0.769. The first kappa shape index (κ1) is 12.4. The van der Waals surface area contributed by atoms with Gasteiger partial charge in [0.05, 0.1) is 6.61 Å². The molecule has 0 aliphatic rings. The van der Waals surface area contributed by atoms with Crippen LogP contribution in [-0.4, -0.2) is 26.8 Å². The Hall–Kier alpha value is -0.640. The lowest BCUT2D eigenvalue weighted by Crippen LogP contribution is -2.20. The third kappa shape index (κ3) is 4.60. The summed E-state index contributed by atoms with van der Waals surface area (Å²) in [5.74, 6) is 0. The van der Waals surface area contributed by atoms with Crippen molar-refractivity contribution in [3.63, 3.8) is 0 Å². The van der Waals surface area contributed by atoms with Crippen molar-refractivity contribution < 1.29 is 4.74 Å². The van der Waals surface area contributed by atoms with E-state index in [-0.39, 0.29) is 0 Å². The maximum absolute atomic E-state index is 4.97. The largest absolute Gasteiger partial charge is 0.383 e. The van der Waals surface area contributed by atoms with Crippen molar-refractivity contribution in [1.82, 2.24) is 5.32 Å². The number of ether oxygens (including phenoxy) is 1. The number of aryl methyl sites for hydroxylation is 1. The van der Waals surface area contributed by atoms with Crippen molar-refractivity contribution in [3.8, 4) is 0 Å². The molecule has 1 heterocycles. The second-order valence-corrected chi connectivity index (χ2v) is 4.58. The van der Waals surface area contributed by atoms with Gasteiger partial charge in [0, 0.05) is 25.1 Å². The zero-order valence-corrected chi connectivity index (χ0v) is 10.5. The summed E-state index contributed by atoms with van der Waals surface area (Å²) in [4.78, 5) is 1.36. The van der Waals surface area contributed by atoms with E-state index < -0.39 is 0 Å². The number of hydrogen-bond donors (Lipinski definition) is 1. The van der Waals surface area contributed by atoms with Crippen LogP contribution in [0.5, 0.6) is 0 Å². The summed E-state index contributed by atoms with van der Waals surface area (Å²) in [5.41, 5.74) is 2.72. The maximum atomic E-state index is 4.97. The minimum Gasteiger partial charge on any atom is -0.383 e. The molecule has 0 spiro atoms. The third-order valence-electron chi connectivity index (χ3n) is 2.17. The van der Waals surface area contributed by atoms with E-state index in [4.69, 9.17) is 4.74 Å². The second kappa shape index (κ2) is 6.77. The molecule has 0 bridgehead atoms.